The van der Waals surface area contributed by atoms with Gasteiger partial charge in [0.05, 0.1) is 20.8 Å². The topological polar surface area (TPSA) is 84.7 Å². The smallest absolute Gasteiger partial charge is 0.188 e. The van der Waals surface area contributed by atoms with Crippen LogP contribution in [0.4, 0.5) is 0 Å². The van der Waals surface area contributed by atoms with Crippen LogP contribution < -0.4 is 20.5 Å². The summed E-state index contributed by atoms with van der Waals surface area (Å²) >= 11 is 0. The number of H-pyrrole nitrogens is 1. The maximum absolute atomic E-state index is 5.97. The van der Waals surface area contributed by atoms with Crippen molar-refractivity contribution in [2.45, 2.75) is 19.4 Å². The Morgan fingerprint density at radius 3 is 2.68 bits per heavy atom. The van der Waals surface area contributed by atoms with Gasteiger partial charge in [0.25, 0.3) is 0 Å². The molecule has 0 radical (unpaired) electrons. The molecule has 150 valence electrons. The first-order valence-electron chi connectivity index (χ1n) is 9.01. The summed E-state index contributed by atoms with van der Waals surface area (Å²) in [5.41, 5.74) is 9.49. The number of hydrogen-bond donors (Lipinski definition) is 3. The number of nitrogens with zero attached hydrogens (tertiary/aromatic N) is 1. The average Bonchev–Trinajstić information content (AvgIpc) is 3.12. The number of rotatable bonds is 8. The van der Waals surface area contributed by atoms with Crippen molar-refractivity contribution in [3.63, 3.8) is 0 Å². The van der Waals surface area contributed by atoms with Gasteiger partial charge in [0.1, 0.15) is 0 Å². The van der Waals surface area contributed by atoms with Gasteiger partial charge in [-0.15, -0.1) is 24.0 Å². The largest absolute Gasteiger partial charge is 0.493 e. The minimum atomic E-state index is 0. The van der Waals surface area contributed by atoms with Crippen LogP contribution in [0.3, 0.4) is 0 Å². The molecular formula is C21H27IN4O2. The second-order valence-electron chi connectivity index (χ2n) is 6.28. The summed E-state index contributed by atoms with van der Waals surface area (Å²) in [5, 5.41) is 4.46. The molecule has 0 spiro atoms. The maximum Gasteiger partial charge on any atom is 0.188 e. The Bertz CT molecular complexity index is 924. The minimum absolute atomic E-state index is 0. The number of para-hydroxylation sites is 1. The number of aryl methyl sites for hydroxylation is 1. The van der Waals surface area contributed by atoms with Gasteiger partial charge in [-0.2, -0.15) is 0 Å². The van der Waals surface area contributed by atoms with Crippen LogP contribution in [0.5, 0.6) is 11.5 Å². The third-order valence-electron chi connectivity index (χ3n) is 4.48. The number of fused-ring (bicyclic) bond motifs is 1. The van der Waals surface area contributed by atoms with Crippen LogP contribution >= 0.6 is 24.0 Å². The quantitative estimate of drug-likeness (QED) is 0.192. The van der Waals surface area contributed by atoms with E-state index >= 15 is 0 Å². The van der Waals surface area contributed by atoms with E-state index in [4.69, 9.17) is 15.2 Å². The molecule has 0 amide bonds. The van der Waals surface area contributed by atoms with Crippen LogP contribution in [-0.4, -0.2) is 31.7 Å². The molecule has 0 unspecified atom stereocenters. The standard InChI is InChI=1S/C21H26N4O2.HI/c1-26-19-10-9-15(12-20(19)27-2)13-25-21(22)23-11-5-6-16-14-24-18-8-4-3-7-17(16)18;/h3-4,7-10,12,14,24H,5-6,11,13H2,1-2H3,(H3,22,23,25);1H. The third-order valence-corrected chi connectivity index (χ3v) is 4.48. The van der Waals surface area contributed by atoms with E-state index in [1.807, 2.05) is 24.3 Å². The van der Waals surface area contributed by atoms with E-state index in [2.05, 4.69) is 39.7 Å². The van der Waals surface area contributed by atoms with Crippen molar-refractivity contribution >= 4 is 40.8 Å². The number of guanidine groups is 1. The summed E-state index contributed by atoms with van der Waals surface area (Å²) in [6.45, 7) is 1.27. The van der Waals surface area contributed by atoms with Crippen LogP contribution in [0, 0.1) is 0 Å². The number of aromatic nitrogens is 1. The number of aliphatic imine (C=N–C) groups is 1. The molecule has 2 aromatic carbocycles. The molecule has 0 aliphatic carbocycles. The molecule has 3 rings (SSSR count). The number of nitrogens with one attached hydrogen (secondary N) is 2. The fourth-order valence-corrected chi connectivity index (χ4v) is 3.05. The minimum Gasteiger partial charge on any atom is -0.493 e. The van der Waals surface area contributed by atoms with Gasteiger partial charge in [-0.1, -0.05) is 24.3 Å². The summed E-state index contributed by atoms with van der Waals surface area (Å²) in [4.78, 5) is 7.70. The number of hydrogen-bond acceptors (Lipinski definition) is 3. The zero-order valence-corrected chi connectivity index (χ0v) is 18.5. The lowest BCUT2D eigenvalue weighted by atomic mass is 10.1. The molecule has 0 fully saturated rings. The van der Waals surface area contributed by atoms with Gasteiger partial charge < -0.3 is 25.5 Å². The van der Waals surface area contributed by atoms with E-state index in [-0.39, 0.29) is 24.0 Å². The molecule has 0 aliphatic rings. The predicted octanol–water partition coefficient (Wildman–Crippen LogP) is 3.84. The zero-order chi connectivity index (χ0) is 19.1. The van der Waals surface area contributed by atoms with Crippen molar-refractivity contribution in [3.05, 3.63) is 59.8 Å². The number of benzene rings is 2. The monoisotopic (exact) mass is 494 g/mol. The predicted molar refractivity (Wildman–Crippen MR) is 125 cm³/mol. The van der Waals surface area contributed by atoms with Gasteiger partial charge in [-0.05, 0) is 42.2 Å². The van der Waals surface area contributed by atoms with E-state index in [1.54, 1.807) is 14.2 Å². The van der Waals surface area contributed by atoms with Gasteiger partial charge in [0.15, 0.2) is 17.5 Å². The summed E-state index contributed by atoms with van der Waals surface area (Å²) in [6.07, 6.45) is 4.05. The highest BCUT2D eigenvalue weighted by molar-refractivity contribution is 14.0. The molecule has 28 heavy (non-hydrogen) atoms. The van der Waals surface area contributed by atoms with Crippen molar-refractivity contribution in [2.75, 3.05) is 20.8 Å². The Hall–Kier alpha value is -2.42. The first-order chi connectivity index (χ1) is 13.2. The lowest BCUT2D eigenvalue weighted by Crippen LogP contribution is -2.32. The highest BCUT2D eigenvalue weighted by Gasteiger charge is 2.05. The highest BCUT2D eigenvalue weighted by atomic mass is 127. The van der Waals surface area contributed by atoms with E-state index in [0.717, 1.165) is 24.9 Å². The summed E-state index contributed by atoms with van der Waals surface area (Å²) in [5.74, 6) is 1.84. The van der Waals surface area contributed by atoms with Crippen LogP contribution in [0.25, 0.3) is 10.9 Å². The average molecular weight is 494 g/mol. The highest BCUT2D eigenvalue weighted by Crippen LogP contribution is 2.27. The molecule has 0 saturated heterocycles. The molecule has 0 saturated carbocycles. The molecular weight excluding hydrogens is 467 g/mol. The van der Waals surface area contributed by atoms with Crippen molar-refractivity contribution in [3.8, 4) is 11.5 Å². The van der Waals surface area contributed by atoms with E-state index in [9.17, 15) is 0 Å². The Morgan fingerprint density at radius 2 is 1.89 bits per heavy atom. The second-order valence-corrected chi connectivity index (χ2v) is 6.28. The van der Waals surface area contributed by atoms with Gasteiger partial charge in [-0.3, -0.25) is 0 Å². The molecule has 4 N–H and O–H groups in total. The molecule has 7 heteroatoms. The molecule has 0 bridgehead atoms. The SMILES string of the molecule is COc1ccc(CN=C(N)NCCCc2c[nH]c3ccccc23)cc1OC.I. The van der Waals surface area contributed by atoms with Crippen molar-refractivity contribution in [1.29, 1.82) is 0 Å². The number of aromatic amines is 1. The van der Waals surface area contributed by atoms with Crippen molar-refractivity contribution in [1.82, 2.24) is 10.3 Å². The molecule has 1 aromatic heterocycles. The van der Waals surface area contributed by atoms with Crippen LogP contribution in [0.15, 0.2) is 53.7 Å². The molecule has 1 heterocycles. The van der Waals surface area contributed by atoms with Gasteiger partial charge in [0.2, 0.25) is 0 Å². The third kappa shape index (κ3) is 5.54. The number of halogens is 1. The zero-order valence-electron chi connectivity index (χ0n) is 16.2. The summed E-state index contributed by atoms with van der Waals surface area (Å²) in [7, 11) is 3.24. The fraction of sp³-hybridized carbons (Fsp3) is 0.286. The number of methoxy groups -OCH3 is 2. The molecule has 0 atom stereocenters. The van der Waals surface area contributed by atoms with E-state index in [0.29, 0.717) is 24.0 Å². The maximum atomic E-state index is 5.97. The summed E-state index contributed by atoms with van der Waals surface area (Å²) in [6, 6.07) is 14.1. The Balaban J connectivity index is 0.00000280. The summed E-state index contributed by atoms with van der Waals surface area (Å²) < 4.78 is 10.5. The lowest BCUT2D eigenvalue weighted by Gasteiger charge is -2.09. The van der Waals surface area contributed by atoms with Crippen LogP contribution in [0.1, 0.15) is 17.5 Å². The first-order valence-corrected chi connectivity index (χ1v) is 9.01. The normalized spacial score (nSPS) is 11.1. The van der Waals surface area contributed by atoms with Gasteiger partial charge in [-0.25, -0.2) is 4.99 Å². The van der Waals surface area contributed by atoms with Gasteiger partial charge >= 0.3 is 0 Å². The number of nitrogens with two attached hydrogens (primary N) is 1. The Labute approximate surface area is 182 Å². The first kappa shape index (κ1) is 21.9. The molecule has 6 nitrogen and oxygen atoms in total. The van der Waals surface area contributed by atoms with Crippen LogP contribution in [-0.2, 0) is 13.0 Å². The van der Waals surface area contributed by atoms with Crippen molar-refractivity contribution < 1.29 is 9.47 Å². The van der Waals surface area contributed by atoms with E-state index < -0.39 is 0 Å². The number of ether oxygens (including phenoxy) is 2. The fourth-order valence-electron chi connectivity index (χ4n) is 3.05. The second kappa shape index (κ2) is 10.8. The molecule has 3 aromatic rings. The Morgan fingerprint density at radius 1 is 1.11 bits per heavy atom. The van der Waals surface area contributed by atoms with Crippen molar-refractivity contribution in [2.24, 2.45) is 10.7 Å². The van der Waals surface area contributed by atoms with Gasteiger partial charge in [0, 0.05) is 23.6 Å². The van der Waals surface area contributed by atoms with E-state index in [1.165, 1.54) is 16.5 Å². The Kier molecular flexibility index (Phi) is 8.43. The lowest BCUT2D eigenvalue weighted by molar-refractivity contribution is 0.354. The molecule has 0 aliphatic heterocycles. The van der Waals surface area contributed by atoms with Crippen LogP contribution in [0.2, 0.25) is 0 Å².